The standard InChI is InChI=1S/C48H57N7O9/c1-53-35(30-63-36-11-7-10-34(26-36)44(32-8-3-2-4-9-32)51-48(61)64-42-29-54-21-16-31(42)17-22-54)27-39(52-53)46(59)55-23-18-33(19-24-55)47(60)62-25-6-5-20-49-28-41(57)37-12-14-40(56)45-38(37)13-15-43(58)50-45/h2-4,7-15,26-27,31,33,41-42,44,49,56-57H,5-6,16-25,28-30H2,1H3,(H,50,58)(H,51,61)/t41-,42-,44-/m0/s1. The number of nitrogens with one attached hydrogen (secondary N) is 3. The fourth-order valence-corrected chi connectivity index (χ4v) is 9.05. The molecule has 0 unspecified atom stereocenters. The van der Waals surface area contributed by atoms with E-state index in [1.807, 2.05) is 54.6 Å². The Morgan fingerprint density at radius 1 is 0.906 bits per heavy atom. The molecule has 5 aromatic rings. The number of benzene rings is 3. The van der Waals surface area contributed by atoms with Crippen molar-refractivity contribution in [3.05, 3.63) is 123 Å². The molecule has 64 heavy (non-hydrogen) atoms. The summed E-state index contributed by atoms with van der Waals surface area (Å²) in [5.41, 5.74) is 3.31. The first-order valence-corrected chi connectivity index (χ1v) is 22.3. The van der Waals surface area contributed by atoms with E-state index in [1.54, 1.807) is 34.8 Å². The fourth-order valence-electron chi connectivity index (χ4n) is 9.05. The number of unbranched alkanes of at least 4 members (excludes halogenated alkanes) is 1. The zero-order valence-corrected chi connectivity index (χ0v) is 36.1. The van der Waals surface area contributed by atoms with Gasteiger partial charge in [-0.25, -0.2) is 4.79 Å². The van der Waals surface area contributed by atoms with Crippen molar-refractivity contribution in [3.63, 3.8) is 0 Å². The van der Waals surface area contributed by atoms with Gasteiger partial charge in [-0.3, -0.25) is 24.0 Å². The van der Waals surface area contributed by atoms with E-state index in [-0.39, 0.29) is 60.5 Å². The molecule has 16 heteroatoms. The van der Waals surface area contributed by atoms with E-state index in [9.17, 15) is 29.4 Å². The smallest absolute Gasteiger partial charge is 0.408 e. The van der Waals surface area contributed by atoms with Crippen LogP contribution in [-0.2, 0) is 27.9 Å². The Morgan fingerprint density at radius 2 is 1.69 bits per heavy atom. The molecule has 0 saturated carbocycles. The third kappa shape index (κ3) is 10.7. The number of phenols is 1. The quantitative estimate of drug-likeness (QED) is 0.0623. The Balaban J connectivity index is 0.759. The van der Waals surface area contributed by atoms with Crippen molar-refractivity contribution < 1.29 is 38.8 Å². The number of rotatable bonds is 17. The number of nitrogens with zero attached hydrogens (tertiary/aromatic N) is 4. The van der Waals surface area contributed by atoms with Crippen molar-refractivity contribution in [3.8, 4) is 11.5 Å². The molecule has 4 saturated heterocycles. The average molecular weight is 876 g/mol. The summed E-state index contributed by atoms with van der Waals surface area (Å²) in [6.45, 7) is 5.05. The van der Waals surface area contributed by atoms with Gasteiger partial charge < -0.3 is 44.9 Å². The van der Waals surface area contributed by atoms with Crippen LogP contribution in [0.25, 0.3) is 10.9 Å². The fraction of sp³-hybridized carbons (Fsp3) is 0.438. The molecule has 0 aliphatic carbocycles. The van der Waals surface area contributed by atoms with Gasteiger partial charge in [0.05, 0.1) is 35.9 Å². The number of aryl methyl sites for hydroxylation is 1. The topological polar surface area (TPSA) is 201 Å². The number of aromatic amines is 1. The van der Waals surface area contributed by atoms with Crippen molar-refractivity contribution in [2.75, 3.05) is 52.4 Å². The lowest BCUT2D eigenvalue weighted by atomic mass is 9.86. The lowest BCUT2D eigenvalue weighted by molar-refractivity contribution is -0.150. The molecular formula is C48H57N7O9. The normalized spacial score (nSPS) is 19.5. The molecule has 2 bridgehead atoms. The minimum atomic E-state index is -0.851. The van der Waals surface area contributed by atoms with Gasteiger partial charge >= 0.3 is 12.1 Å². The second-order valence-electron chi connectivity index (χ2n) is 17.0. The van der Waals surface area contributed by atoms with Crippen molar-refractivity contribution >= 4 is 28.9 Å². The predicted octanol–water partition coefficient (Wildman–Crippen LogP) is 4.95. The lowest BCUT2D eigenvalue weighted by Crippen LogP contribution is -2.52. The number of aromatic nitrogens is 3. The molecule has 6 heterocycles. The number of hydrogen-bond donors (Lipinski definition) is 5. The number of phenolic OH excluding ortho intramolecular Hbond substituents is 1. The van der Waals surface area contributed by atoms with Gasteiger partial charge in [0.1, 0.15) is 24.2 Å². The largest absolute Gasteiger partial charge is 0.506 e. The predicted molar refractivity (Wildman–Crippen MR) is 238 cm³/mol. The van der Waals surface area contributed by atoms with Gasteiger partial charge in [-0.15, -0.1) is 0 Å². The highest BCUT2D eigenvalue weighted by molar-refractivity contribution is 5.92. The van der Waals surface area contributed by atoms with Crippen LogP contribution in [0.4, 0.5) is 4.79 Å². The second-order valence-corrected chi connectivity index (χ2v) is 17.0. The molecular weight excluding hydrogens is 819 g/mol. The van der Waals surface area contributed by atoms with E-state index >= 15 is 0 Å². The number of aliphatic hydroxyl groups excluding tert-OH is 1. The molecule has 0 radical (unpaired) electrons. The monoisotopic (exact) mass is 875 g/mol. The van der Waals surface area contributed by atoms with Gasteiger partial charge in [0.15, 0.2) is 5.69 Å². The first kappa shape index (κ1) is 44.4. The number of ether oxygens (including phenoxy) is 3. The van der Waals surface area contributed by atoms with E-state index < -0.39 is 18.2 Å². The number of alkyl carbamates (subject to hydrolysis) is 1. The number of H-pyrrole nitrogens is 1. The van der Waals surface area contributed by atoms with Crippen LogP contribution in [-0.4, -0.2) is 111 Å². The van der Waals surface area contributed by atoms with Gasteiger partial charge in [-0.2, -0.15) is 5.10 Å². The van der Waals surface area contributed by atoms with Gasteiger partial charge in [0.2, 0.25) is 5.56 Å². The summed E-state index contributed by atoms with van der Waals surface area (Å²) in [6, 6.07) is 24.7. The van der Waals surface area contributed by atoms with Gasteiger partial charge in [-0.05, 0) is 111 Å². The van der Waals surface area contributed by atoms with Crippen LogP contribution in [0.3, 0.4) is 0 Å². The van der Waals surface area contributed by atoms with E-state index in [0.29, 0.717) is 72.9 Å². The van der Waals surface area contributed by atoms with Crippen LogP contribution < -0.4 is 20.9 Å². The molecule has 5 N–H and O–H groups in total. The number of aliphatic hydroxyl groups is 1. The summed E-state index contributed by atoms with van der Waals surface area (Å²) in [7, 11) is 1.77. The van der Waals surface area contributed by atoms with Crippen molar-refractivity contribution in [2.24, 2.45) is 18.9 Å². The third-order valence-corrected chi connectivity index (χ3v) is 12.7. The summed E-state index contributed by atoms with van der Waals surface area (Å²) in [5.74, 6) is 0.189. The molecule has 0 spiro atoms. The zero-order valence-electron chi connectivity index (χ0n) is 36.1. The van der Waals surface area contributed by atoms with E-state index in [4.69, 9.17) is 14.2 Å². The summed E-state index contributed by atoms with van der Waals surface area (Å²) < 4.78 is 19.4. The van der Waals surface area contributed by atoms with Crippen LogP contribution in [0.15, 0.2) is 89.7 Å². The molecule has 3 aromatic carbocycles. The number of fused-ring (bicyclic) bond motifs is 4. The zero-order chi connectivity index (χ0) is 44.6. The number of likely N-dealkylation sites (tertiary alicyclic amines) is 1. The van der Waals surface area contributed by atoms with Crippen molar-refractivity contribution in [1.82, 2.24) is 35.2 Å². The van der Waals surface area contributed by atoms with Crippen molar-refractivity contribution in [1.29, 1.82) is 0 Å². The highest BCUT2D eigenvalue weighted by atomic mass is 16.6. The molecule has 3 atom stereocenters. The van der Waals surface area contributed by atoms with E-state index in [0.717, 1.165) is 50.0 Å². The summed E-state index contributed by atoms with van der Waals surface area (Å²) in [4.78, 5) is 58.1. The summed E-state index contributed by atoms with van der Waals surface area (Å²) in [5, 5.41) is 32.2. The Morgan fingerprint density at radius 3 is 2.45 bits per heavy atom. The number of pyridine rings is 1. The molecule has 16 nitrogen and oxygen atoms in total. The Hall–Kier alpha value is -6.23. The average Bonchev–Trinajstić information content (AvgIpc) is 3.70. The van der Waals surface area contributed by atoms with Gasteiger partial charge in [-0.1, -0.05) is 48.5 Å². The van der Waals surface area contributed by atoms with Crippen LogP contribution in [0.1, 0.15) is 83.5 Å². The van der Waals surface area contributed by atoms with Crippen molar-refractivity contribution in [2.45, 2.75) is 63.4 Å². The number of aromatic hydroxyl groups is 1. The minimum Gasteiger partial charge on any atom is -0.506 e. The van der Waals surface area contributed by atoms with Crippen LogP contribution >= 0.6 is 0 Å². The first-order chi connectivity index (χ1) is 31.1. The first-order valence-electron chi connectivity index (χ1n) is 22.3. The second kappa shape index (κ2) is 20.5. The number of carbonyl (C=O) groups is 3. The molecule has 4 aliphatic heterocycles. The summed E-state index contributed by atoms with van der Waals surface area (Å²) in [6.07, 6.45) is 3.08. The Kier molecular flexibility index (Phi) is 14.2. The van der Waals surface area contributed by atoms with Crippen LogP contribution in [0.2, 0.25) is 0 Å². The van der Waals surface area contributed by atoms with Crippen LogP contribution in [0.5, 0.6) is 11.5 Å². The van der Waals surface area contributed by atoms with E-state index in [1.165, 1.54) is 12.1 Å². The SMILES string of the molecule is Cn1nc(C(=O)N2CCC(C(=O)OCCCCNC[C@H](O)c3ccc(O)c4[nH]c(=O)ccc34)CC2)cc1COc1cccc([C@@H](NC(=O)O[C@H]2CN3CCC2CC3)c2ccccc2)c1. The van der Waals surface area contributed by atoms with Crippen LogP contribution in [0, 0.1) is 11.8 Å². The van der Waals surface area contributed by atoms with Gasteiger partial charge in [0.25, 0.3) is 5.91 Å². The number of hydrogen-bond acceptors (Lipinski definition) is 12. The third-order valence-electron chi connectivity index (χ3n) is 12.7. The molecule has 2 amide bonds. The molecule has 2 aromatic heterocycles. The maximum atomic E-state index is 13.5. The summed E-state index contributed by atoms with van der Waals surface area (Å²) >= 11 is 0. The highest BCUT2D eigenvalue weighted by Gasteiger charge is 2.37. The molecule has 338 valence electrons. The molecule has 9 rings (SSSR count). The van der Waals surface area contributed by atoms with Gasteiger partial charge in [0, 0.05) is 44.7 Å². The Bertz CT molecular complexity index is 2460. The molecule has 4 aliphatic rings. The number of amides is 2. The molecule has 4 fully saturated rings. The van der Waals surface area contributed by atoms with E-state index in [2.05, 4.69) is 25.6 Å². The lowest BCUT2D eigenvalue weighted by Gasteiger charge is -2.43. The Labute approximate surface area is 371 Å². The minimum absolute atomic E-state index is 0.0603. The number of piperidine rings is 4. The number of esters is 1. The number of carbonyl (C=O) groups excluding carboxylic acids is 3. The maximum Gasteiger partial charge on any atom is 0.408 e. The maximum absolute atomic E-state index is 13.5. The highest BCUT2D eigenvalue weighted by Crippen LogP contribution is 2.32.